The summed E-state index contributed by atoms with van der Waals surface area (Å²) in [6.07, 6.45) is 2.72. The van der Waals surface area contributed by atoms with Crippen LogP contribution in [0.15, 0.2) is 22.6 Å². The molecule has 1 aromatic rings. The molecule has 0 spiro atoms. The van der Waals surface area contributed by atoms with Crippen molar-refractivity contribution in [3.63, 3.8) is 0 Å². The van der Waals surface area contributed by atoms with Gasteiger partial charge in [-0.2, -0.15) is 0 Å². The molecule has 0 aliphatic heterocycles. The molecule has 0 unspecified atom stereocenters. The fraction of sp³-hybridized carbons (Fsp3) is 0.500. The van der Waals surface area contributed by atoms with Crippen molar-refractivity contribution < 1.29 is 5.21 Å². The first-order valence-electron chi connectivity index (χ1n) is 5.07. The number of amidine groups is 1. The Bertz CT molecular complexity index is 368. The van der Waals surface area contributed by atoms with Gasteiger partial charge in [0.05, 0.1) is 0 Å². The SMILES string of the molecule is CC(C)CCSc1nccc(/C(N)=N/O)n1. The van der Waals surface area contributed by atoms with Crippen LogP contribution < -0.4 is 5.73 Å². The van der Waals surface area contributed by atoms with Crippen LogP contribution in [0.25, 0.3) is 0 Å². The Balaban J connectivity index is 2.61. The van der Waals surface area contributed by atoms with Crippen LogP contribution in [-0.2, 0) is 0 Å². The molecule has 88 valence electrons. The Morgan fingerprint density at radius 1 is 1.62 bits per heavy atom. The van der Waals surface area contributed by atoms with E-state index in [2.05, 4.69) is 29.0 Å². The minimum Gasteiger partial charge on any atom is -0.409 e. The molecule has 0 aliphatic carbocycles. The van der Waals surface area contributed by atoms with E-state index in [1.54, 1.807) is 24.0 Å². The number of nitrogens with zero attached hydrogens (tertiary/aromatic N) is 3. The molecule has 6 heteroatoms. The number of oxime groups is 1. The zero-order chi connectivity index (χ0) is 12.0. The van der Waals surface area contributed by atoms with E-state index in [0.717, 1.165) is 12.2 Å². The molecule has 0 bridgehead atoms. The Hall–Kier alpha value is -1.30. The van der Waals surface area contributed by atoms with Crippen molar-refractivity contribution in [1.82, 2.24) is 9.97 Å². The van der Waals surface area contributed by atoms with Gasteiger partial charge < -0.3 is 10.9 Å². The van der Waals surface area contributed by atoms with Crippen LogP contribution in [0.3, 0.4) is 0 Å². The van der Waals surface area contributed by atoms with Crippen molar-refractivity contribution in [2.75, 3.05) is 5.75 Å². The predicted octanol–water partition coefficient (Wildman–Crippen LogP) is 1.71. The second kappa shape index (κ2) is 6.32. The molecule has 0 amide bonds. The first-order chi connectivity index (χ1) is 7.63. The molecule has 5 nitrogen and oxygen atoms in total. The highest BCUT2D eigenvalue weighted by Crippen LogP contribution is 2.16. The molecule has 1 rings (SSSR count). The molecule has 0 radical (unpaired) electrons. The van der Waals surface area contributed by atoms with Crippen molar-refractivity contribution in [2.24, 2.45) is 16.8 Å². The average molecular weight is 240 g/mol. The number of thioether (sulfide) groups is 1. The maximum Gasteiger partial charge on any atom is 0.188 e. The fourth-order valence-corrected chi connectivity index (χ4v) is 2.06. The van der Waals surface area contributed by atoms with Gasteiger partial charge in [-0.1, -0.05) is 30.8 Å². The van der Waals surface area contributed by atoms with Crippen LogP contribution in [0.2, 0.25) is 0 Å². The van der Waals surface area contributed by atoms with Crippen molar-refractivity contribution in [2.45, 2.75) is 25.4 Å². The van der Waals surface area contributed by atoms with Crippen LogP contribution in [0.5, 0.6) is 0 Å². The van der Waals surface area contributed by atoms with Gasteiger partial charge >= 0.3 is 0 Å². The second-order valence-electron chi connectivity index (χ2n) is 3.74. The molecule has 0 atom stereocenters. The van der Waals surface area contributed by atoms with Gasteiger partial charge in [0, 0.05) is 11.9 Å². The van der Waals surface area contributed by atoms with E-state index < -0.39 is 0 Å². The molecule has 0 aliphatic rings. The van der Waals surface area contributed by atoms with Crippen molar-refractivity contribution in [3.05, 3.63) is 18.0 Å². The number of nitrogens with two attached hydrogens (primary N) is 1. The first kappa shape index (κ1) is 12.8. The van der Waals surface area contributed by atoms with E-state index in [0.29, 0.717) is 16.8 Å². The normalized spacial score (nSPS) is 12.1. The number of rotatable bonds is 5. The maximum atomic E-state index is 8.52. The highest BCUT2D eigenvalue weighted by atomic mass is 32.2. The molecule has 16 heavy (non-hydrogen) atoms. The lowest BCUT2D eigenvalue weighted by Crippen LogP contribution is -2.15. The molecule has 0 fully saturated rings. The Labute approximate surface area is 99.2 Å². The van der Waals surface area contributed by atoms with Gasteiger partial charge in [-0.15, -0.1) is 0 Å². The molecule has 0 saturated heterocycles. The zero-order valence-electron chi connectivity index (χ0n) is 9.42. The zero-order valence-corrected chi connectivity index (χ0v) is 10.2. The van der Waals surface area contributed by atoms with Crippen molar-refractivity contribution >= 4 is 17.6 Å². The van der Waals surface area contributed by atoms with Crippen LogP contribution in [-0.4, -0.2) is 26.8 Å². The van der Waals surface area contributed by atoms with Gasteiger partial charge in [0.2, 0.25) is 0 Å². The highest BCUT2D eigenvalue weighted by Gasteiger charge is 2.04. The van der Waals surface area contributed by atoms with E-state index in [4.69, 9.17) is 10.9 Å². The molecule has 0 saturated carbocycles. The summed E-state index contributed by atoms with van der Waals surface area (Å²) in [5.74, 6) is 1.64. The second-order valence-corrected chi connectivity index (χ2v) is 4.80. The summed E-state index contributed by atoms with van der Waals surface area (Å²) in [6.45, 7) is 4.35. The molecular weight excluding hydrogens is 224 g/mol. The van der Waals surface area contributed by atoms with E-state index >= 15 is 0 Å². The summed E-state index contributed by atoms with van der Waals surface area (Å²) < 4.78 is 0. The third-order valence-corrected chi connectivity index (χ3v) is 2.82. The largest absolute Gasteiger partial charge is 0.409 e. The highest BCUT2D eigenvalue weighted by molar-refractivity contribution is 7.99. The summed E-state index contributed by atoms with van der Waals surface area (Å²) in [5.41, 5.74) is 5.89. The van der Waals surface area contributed by atoms with Crippen LogP contribution in [0, 0.1) is 5.92 Å². The van der Waals surface area contributed by atoms with Gasteiger partial charge in [-0.25, -0.2) is 9.97 Å². The minimum atomic E-state index is 0.00751. The number of hydrogen-bond acceptors (Lipinski definition) is 5. The lowest BCUT2D eigenvalue weighted by molar-refractivity contribution is 0.318. The smallest absolute Gasteiger partial charge is 0.188 e. The summed E-state index contributed by atoms with van der Waals surface area (Å²) in [5, 5.41) is 12.1. The molecular formula is C10H16N4OS. The topological polar surface area (TPSA) is 84.4 Å². The summed E-state index contributed by atoms with van der Waals surface area (Å²) in [7, 11) is 0. The van der Waals surface area contributed by atoms with Gasteiger partial charge in [-0.05, 0) is 18.4 Å². The van der Waals surface area contributed by atoms with Crippen LogP contribution in [0.1, 0.15) is 26.0 Å². The number of aromatic nitrogens is 2. The summed E-state index contributed by atoms with van der Waals surface area (Å²) >= 11 is 1.58. The first-order valence-corrected chi connectivity index (χ1v) is 6.05. The monoisotopic (exact) mass is 240 g/mol. The Kier molecular flexibility index (Phi) is 5.04. The van der Waals surface area contributed by atoms with E-state index in [1.165, 1.54) is 0 Å². The minimum absolute atomic E-state index is 0.00751. The van der Waals surface area contributed by atoms with E-state index in [9.17, 15) is 0 Å². The quantitative estimate of drug-likeness (QED) is 0.204. The molecule has 1 aromatic heterocycles. The van der Waals surface area contributed by atoms with E-state index in [-0.39, 0.29) is 5.84 Å². The Morgan fingerprint density at radius 2 is 2.38 bits per heavy atom. The van der Waals surface area contributed by atoms with Gasteiger partial charge in [0.1, 0.15) is 5.69 Å². The lowest BCUT2D eigenvalue weighted by atomic mass is 10.2. The van der Waals surface area contributed by atoms with Crippen molar-refractivity contribution in [1.29, 1.82) is 0 Å². The summed E-state index contributed by atoms with van der Waals surface area (Å²) in [6, 6.07) is 1.61. The number of hydrogen-bond donors (Lipinski definition) is 2. The molecule has 1 heterocycles. The van der Waals surface area contributed by atoms with Gasteiger partial charge in [0.25, 0.3) is 0 Å². The van der Waals surface area contributed by atoms with E-state index in [1.807, 2.05) is 0 Å². The predicted molar refractivity (Wildman–Crippen MR) is 64.7 cm³/mol. The molecule has 3 N–H and O–H groups in total. The fourth-order valence-electron chi connectivity index (χ4n) is 0.990. The van der Waals surface area contributed by atoms with Crippen LogP contribution in [0.4, 0.5) is 0 Å². The summed E-state index contributed by atoms with van der Waals surface area (Å²) in [4.78, 5) is 8.29. The van der Waals surface area contributed by atoms with Gasteiger partial charge in [-0.3, -0.25) is 0 Å². The van der Waals surface area contributed by atoms with Gasteiger partial charge in [0.15, 0.2) is 11.0 Å². The average Bonchev–Trinajstić information content (AvgIpc) is 2.28. The standard InChI is InChI=1S/C10H16N4OS/c1-7(2)4-6-16-10-12-5-3-8(13-10)9(11)14-15/h3,5,7,15H,4,6H2,1-2H3,(H2,11,14). The lowest BCUT2D eigenvalue weighted by Gasteiger charge is -2.04. The third-order valence-electron chi connectivity index (χ3n) is 1.93. The Morgan fingerprint density at radius 3 is 3.00 bits per heavy atom. The third kappa shape index (κ3) is 4.06. The maximum absolute atomic E-state index is 8.52. The van der Waals surface area contributed by atoms with Crippen LogP contribution >= 0.6 is 11.8 Å². The molecule has 0 aromatic carbocycles. The van der Waals surface area contributed by atoms with Crippen molar-refractivity contribution in [3.8, 4) is 0 Å².